The Morgan fingerprint density at radius 1 is 1.12 bits per heavy atom. The van der Waals surface area contributed by atoms with Gasteiger partial charge in [0.2, 0.25) is 0 Å². The Morgan fingerprint density at radius 3 is 2.71 bits per heavy atom. The molecule has 7 heteroatoms. The van der Waals surface area contributed by atoms with E-state index in [2.05, 4.69) is 9.97 Å². The zero-order valence-electron chi connectivity index (χ0n) is 13.0. The molecule has 0 saturated carbocycles. The van der Waals surface area contributed by atoms with E-state index in [9.17, 15) is 4.79 Å². The molecular formula is C17H13N3OS3. The molecule has 4 aromatic rings. The minimum Gasteiger partial charge on any atom is -0.286 e. The molecule has 0 fully saturated rings. The van der Waals surface area contributed by atoms with Crippen molar-refractivity contribution in [1.29, 1.82) is 0 Å². The van der Waals surface area contributed by atoms with Gasteiger partial charge in [-0.2, -0.15) is 11.3 Å². The Bertz CT molecular complexity index is 984. The number of para-hydroxylation sites is 1. The number of amides is 1. The van der Waals surface area contributed by atoms with Crippen molar-refractivity contribution in [1.82, 2.24) is 9.97 Å². The van der Waals surface area contributed by atoms with Gasteiger partial charge in [-0.05, 0) is 30.5 Å². The molecule has 0 spiro atoms. The van der Waals surface area contributed by atoms with E-state index in [1.807, 2.05) is 48.0 Å². The summed E-state index contributed by atoms with van der Waals surface area (Å²) in [7, 11) is 1.77. The molecule has 3 aromatic heterocycles. The quantitative estimate of drug-likeness (QED) is 0.505. The molecule has 0 aliphatic carbocycles. The second-order valence-corrected chi connectivity index (χ2v) is 8.06. The minimum absolute atomic E-state index is 0.0643. The molecule has 0 N–H and O–H groups in total. The standard InChI is InChI=1S/C17H13N3OS3/c1-10-14(24-15(18-10)11-7-8-22-9-11)16(21)20(2)17-19-12-5-3-4-6-13(12)23-17/h3-9H,1-2H3. The number of aromatic nitrogens is 2. The lowest BCUT2D eigenvalue weighted by Gasteiger charge is -2.12. The summed E-state index contributed by atoms with van der Waals surface area (Å²) in [6.45, 7) is 1.88. The number of aryl methyl sites for hydroxylation is 1. The van der Waals surface area contributed by atoms with Crippen molar-refractivity contribution in [3.05, 3.63) is 51.7 Å². The zero-order valence-corrected chi connectivity index (χ0v) is 15.5. The normalized spacial score (nSPS) is 11.1. The zero-order chi connectivity index (χ0) is 16.7. The number of carbonyl (C=O) groups excluding carboxylic acids is 1. The van der Waals surface area contributed by atoms with Gasteiger partial charge in [0, 0.05) is 18.0 Å². The van der Waals surface area contributed by atoms with Crippen molar-refractivity contribution in [3.63, 3.8) is 0 Å². The number of thiophene rings is 1. The van der Waals surface area contributed by atoms with Crippen LogP contribution in [-0.2, 0) is 0 Å². The van der Waals surface area contributed by atoms with E-state index < -0.39 is 0 Å². The summed E-state index contributed by atoms with van der Waals surface area (Å²) in [5.74, 6) is -0.0643. The van der Waals surface area contributed by atoms with Crippen LogP contribution in [0.25, 0.3) is 20.8 Å². The summed E-state index contributed by atoms with van der Waals surface area (Å²) in [5.41, 5.74) is 2.74. The van der Waals surface area contributed by atoms with Crippen LogP contribution in [0, 0.1) is 6.92 Å². The molecule has 24 heavy (non-hydrogen) atoms. The average Bonchev–Trinajstić information content (AvgIpc) is 3.31. The first-order chi connectivity index (χ1) is 11.6. The fourth-order valence-electron chi connectivity index (χ4n) is 2.35. The Morgan fingerprint density at radius 2 is 1.96 bits per heavy atom. The second kappa shape index (κ2) is 6.08. The molecule has 0 atom stereocenters. The van der Waals surface area contributed by atoms with E-state index >= 15 is 0 Å². The van der Waals surface area contributed by atoms with Crippen molar-refractivity contribution in [3.8, 4) is 10.6 Å². The number of hydrogen-bond donors (Lipinski definition) is 0. The highest BCUT2D eigenvalue weighted by atomic mass is 32.1. The summed E-state index contributed by atoms with van der Waals surface area (Å²) < 4.78 is 1.08. The number of nitrogens with zero attached hydrogens (tertiary/aromatic N) is 3. The van der Waals surface area contributed by atoms with Gasteiger partial charge in [-0.15, -0.1) is 11.3 Å². The van der Waals surface area contributed by atoms with E-state index in [4.69, 9.17) is 0 Å². The first-order valence-electron chi connectivity index (χ1n) is 7.27. The van der Waals surface area contributed by atoms with Crippen molar-refractivity contribution < 1.29 is 4.79 Å². The van der Waals surface area contributed by atoms with Crippen LogP contribution in [0.5, 0.6) is 0 Å². The Hall–Kier alpha value is -2.09. The first-order valence-corrected chi connectivity index (χ1v) is 9.84. The summed E-state index contributed by atoms with van der Waals surface area (Å²) in [5, 5.41) is 5.64. The molecule has 0 unspecified atom stereocenters. The molecule has 0 saturated heterocycles. The minimum atomic E-state index is -0.0643. The molecule has 0 aliphatic heterocycles. The lowest BCUT2D eigenvalue weighted by molar-refractivity contribution is 0.0996. The van der Waals surface area contributed by atoms with Crippen LogP contribution in [0.1, 0.15) is 15.4 Å². The van der Waals surface area contributed by atoms with Gasteiger partial charge in [0.25, 0.3) is 5.91 Å². The number of carbonyl (C=O) groups is 1. The van der Waals surface area contributed by atoms with Crippen LogP contribution in [-0.4, -0.2) is 22.9 Å². The number of rotatable bonds is 3. The number of thiazole rings is 2. The number of fused-ring (bicyclic) bond motifs is 1. The topological polar surface area (TPSA) is 46.1 Å². The Balaban J connectivity index is 1.67. The van der Waals surface area contributed by atoms with Gasteiger partial charge in [-0.3, -0.25) is 9.69 Å². The highest BCUT2D eigenvalue weighted by Gasteiger charge is 2.22. The lowest BCUT2D eigenvalue weighted by atomic mass is 10.3. The monoisotopic (exact) mass is 371 g/mol. The van der Waals surface area contributed by atoms with E-state index in [-0.39, 0.29) is 5.91 Å². The molecule has 0 bridgehead atoms. The molecule has 3 heterocycles. The van der Waals surface area contributed by atoms with Crippen molar-refractivity contribution in [2.24, 2.45) is 0 Å². The smallest absolute Gasteiger partial charge is 0.271 e. The van der Waals surface area contributed by atoms with E-state index in [0.717, 1.165) is 26.5 Å². The van der Waals surface area contributed by atoms with E-state index in [1.54, 1.807) is 23.3 Å². The van der Waals surface area contributed by atoms with E-state index in [0.29, 0.717) is 10.0 Å². The highest BCUT2D eigenvalue weighted by molar-refractivity contribution is 7.22. The van der Waals surface area contributed by atoms with Gasteiger partial charge >= 0.3 is 0 Å². The fourth-order valence-corrected chi connectivity index (χ4v) is 5.03. The second-order valence-electron chi connectivity index (χ2n) is 5.27. The maximum absolute atomic E-state index is 12.9. The number of hydrogen-bond acceptors (Lipinski definition) is 6. The predicted octanol–water partition coefficient (Wildman–Crippen LogP) is 5.07. The van der Waals surface area contributed by atoms with Gasteiger partial charge in [-0.25, -0.2) is 9.97 Å². The fraction of sp³-hybridized carbons (Fsp3) is 0.118. The average molecular weight is 372 g/mol. The molecule has 120 valence electrons. The molecule has 0 radical (unpaired) electrons. The van der Waals surface area contributed by atoms with Crippen LogP contribution < -0.4 is 4.90 Å². The number of benzene rings is 1. The van der Waals surface area contributed by atoms with Gasteiger partial charge < -0.3 is 0 Å². The largest absolute Gasteiger partial charge is 0.286 e. The van der Waals surface area contributed by atoms with Crippen molar-refractivity contribution >= 4 is 55.3 Å². The van der Waals surface area contributed by atoms with Crippen LogP contribution in [0.3, 0.4) is 0 Å². The van der Waals surface area contributed by atoms with Gasteiger partial charge in [0.15, 0.2) is 5.13 Å². The molecule has 0 aliphatic rings. The van der Waals surface area contributed by atoms with Gasteiger partial charge in [0.05, 0.1) is 15.9 Å². The van der Waals surface area contributed by atoms with Crippen LogP contribution >= 0.6 is 34.0 Å². The predicted molar refractivity (Wildman–Crippen MR) is 103 cm³/mol. The third kappa shape index (κ3) is 2.64. The molecule has 1 aromatic carbocycles. The van der Waals surface area contributed by atoms with Crippen LogP contribution in [0.4, 0.5) is 5.13 Å². The molecular weight excluding hydrogens is 358 g/mol. The lowest BCUT2D eigenvalue weighted by Crippen LogP contribution is -2.25. The Labute approximate surface area is 151 Å². The first kappa shape index (κ1) is 15.4. The van der Waals surface area contributed by atoms with Crippen LogP contribution in [0.2, 0.25) is 0 Å². The Kier molecular flexibility index (Phi) is 3.91. The van der Waals surface area contributed by atoms with E-state index in [1.165, 1.54) is 22.7 Å². The van der Waals surface area contributed by atoms with Gasteiger partial charge in [-0.1, -0.05) is 23.5 Å². The molecule has 4 nitrogen and oxygen atoms in total. The maximum Gasteiger partial charge on any atom is 0.271 e. The SMILES string of the molecule is Cc1nc(-c2ccsc2)sc1C(=O)N(C)c1nc2ccccc2s1. The number of anilines is 1. The summed E-state index contributed by atoms with van der Waals surface area (Å²) in [6.07, 6.45) is 0. The summed E-state index contributed by atoms with van der Waals surface area (Å²) in [6, 6.07) is 9.93. The molecule has 4 rings (SSSR count). The van der Waals surface area contributed by atoms with Gasteiger partial charge in [0.1, 0.15) is 9.88 Å². The maximum atomic E-state index is 12.9. The third-order valence-electron chi connectivity index (χ3n) is 3.63. The van der Waals surface area contributed by atoms with Crippen molar-refractivity contribution in [2.75, 3.05) is 11.9 Å². The third-order valence-corrected chi connectivity index (χ3v) is 6.62. The summed E-state index contributed by atoms with van der Waals surface area (Å²) in [4.78, 5) is 24.3. The highest BCUT2D eigenvalue weighted by Crippen LogP contribution is 2.33. The van der Waals surface area contributed by atoms with Crippen LogP contribution in [0.15, 0.2) is 41.1 Å². The van der Waals surface area contributed by atoms with Crippen molar-refractivity contribution in [2.45, 2.75) is 6.92 Å². The summed E-state index contributed by atoms with van der Waals surface area (Å²) >= 11 is 4.58. The molecule has 1 amide bonds.